The summed E-state index contributed by atoms with van der Waals surface area (Å²) in [5, 5.41) is 0.259. The minimum Gasteiger partial charge on any atom is -0.495 e. The van der Waals surface area contributed by atoms with Crippen molar-refractivity contribution in [2.45, 2.75) is 11.3 Å². The molecule has 0 saturated heterocycles. The maximum atomic E-state index is 11.8. The quantitative estimate of drug-likeness (QED) is 0.778. The van der Waals surface area contributed by atoms with Crippen molar-refractivity contribution in [1.82, 2.24) is 4.72 Å². The maximum Gasteiger partial charge on any atom is 0.240 e. The molecule has 0 heterocycles. The predicted octanol–water partition coefficient (Wildman–Crippen LogP) is 1.40. The molecule has 0 radical (unpaired) electrons. The van der Waals surface area contributed by atoms with E-state index in [4.69, 9.17) is 22.1 Å². The molecule has 18 heavy (non-hydrogen) atoms. The fourth-order valence-electron chi connectivity index (χ4n) is 1.21. The van der Waals surface area contributed by atoms with Crippen molar-refractivity contribution in [2.24, 2.45) is 5.73 Å². The lowest BCUT2D eigenvalue weighted by Gasteiger charge is -2.08. The smallest absolute Gasteiger partial charge is 0.240 e. The highest BCUT2D eigenvalue weighted by Gasteiger charge is 2.15. The van der Waals surface area contributed by atoms with Crippen LogP contribution in [0.15, 0.2) is 23.1 Å². The molecule has 0 aliphatic rings. The zero-order chi connectivity index (χ0) is 12.9. The van der Waals surface area contributed by atoms with Crippen LogP contribution in [-0.2, 0) is 10.0 Å². The number of benzene rings is 1. The number of nitrogens with two attached hydrogens (primary N) is 1. The largest absolute Gasteiger partial charge is 0.495 e. The second kappa shape index (κ2) is 7.81. The van der Waals surface area contributed by atoms with Gasteiger partial charge in [-0.15, -0.1) is 12.4 Å². The zero-order valence-electron chi connectivity index (χ0n) is 9.85. The average Bonchev–Trinajstić information content (AvgIpc) is 2.29. The molecule has 0 bridgehead atoms. The number of hydrogen-bond acceptors (Lipinski definition) is 4. The highest BCUT2D eigenvalue weighted by atomic mass is 35.5. The average molecular weight is 315 g/mol. The van der Waals surface area contributed by atoms with Gasteiger partial charge in [0.25, 0.3) is 0 Å². The van der Waals surface area contributed by atoms with Gasteiger partial charge in [-0.3, -0.25) is 0 Å². The van der Waals surface area contributed by atoms with Crippen molar-refractivity contribution in [3.05, 3.63) is 23.2 Å². The molecule has 5 nitrogen and oxygen atoms in total. The number of nitrogens with one attached hydrogen (secondary N) is 1. The third kappa shape index (κ3) is 4.62. The van der Waals surface area contributed by atoms with Crippen LogP contribution in [-0.4, -0.2) is 28.6 Å². The van der Waals surface area contributed by atoms with E-state index in [1.54, 1.807) is 0 Å². The first-order chi connectivity index (χ1) is 8.01. The molecule has 0 aromatic heterocycles. The minimum atomic E-state index is -3.53. The van der Waals surface area contributed by atoms with Gasteiger partial charge in [-0.25, -0.2) is 13.1 Å². The third-order valence-corrected chi connectivity index (χ3v) is 3.86. The summed E-state index contributed by atoms with van der Waals surface area (Å²) >= 11 is 5.86. The lowest BCUT2D eigenvalue weighted by atomic mass is 10.3. The van der Waals surface area contributed by atoms with E-state index in [0.29, 0.717) is 25.3 Å². The molecule has 1 aromatic carbocycles. The Bertz CT molecular complexity index is 480. The summed E-state index contributed by atoms with van der Waals surface area (Å²) in [4.78, 5) is 0.111. The Balaban J connectivity index is 0.00000289. The minimum absolute atomic E-state index is 0. The molecule has 3 N–H and O–H groups in total. The van der Waals surface area contributed by atoms with Crippen LogP contribution < -0.4 is 15.2 Å². The van der Waals surface area contributed by atoms with Crippen LogP contribution in [0, 0.1) is 0 Å². The summed E-state index contributed by atoms with van der Waals surface area (Å²) < 4.78 is 31.0. The summed E-state index contributed by atoms with van der Waals surface area (Å²) in [6.45, 7) is 0.744. The van der Waals surface area contributed by atoms with Crippen molar-refractivity contribution in [3.8, 4) is 5.75 Å². The molecule has 0 aliphatic heterocycles. The van der Waals surface area contributed by atoms with E-state index < -0.39 is 10.0 Å². The number of hydrogen-bond donors (Lipinski definition) is 2. The number of methoxy groups -OCH3 is 1. The van der Waals surface area contributed by atoms with E-state index in [9.17, 15) is 8.42 Å². The molecule has 0 saturated carbocycles. The molecule has 104 valence electrons. The molecule has 0 unspecified atom stereocenters. The van der Waals surface area contributed by atoms with Gasteiger partial charge >= 0.3 is 0 Å². The Hall–Kier alpha value is -0.530. The monoisotopic (exact) mass is 314 g/mol. The van der Waals surface area contributed by atoms with Gasteiger partial charge in [0.2, 0.25) is 10.0 Å². The molecule has 1 rings (SSSR count). The first kappa shape index (κ1) is 17.5. The third-order valence-electron chi connectivity index (χ3n) is 2.11. The number of rotatable bonds is 6. The van der Waals surface area contributed by atoms with Crippen LogP contribution in [0.4, 0.5) is 0 Å². The van der Waals surface area contributed by atoms with Gasteiger partial charge in [0, 0.05) is 6.54 Å². The zero-order valence-corrected chi connectivity index (χ0v) is 12.2. The molecule has 0 atom stereocenters. The highest BCUT2D eigenvalue weighted by Crippen LogP contribution is 2.26. The summed E-state index contributed by atoms with van der Waals surface area (Å²) in [5.41, 5.74) is 5.29. The molecule has 0 spiro atoms. The number of sulfonamides is 1. The molecule has 1 aromatic rings. The van der Waals surface area contributed by atoms with Crippen LogP contribution in [0.1, 0.15) is 6.42 Å². The van der Waals surface area contributed by atoms with Crippen molar-refractivity contribution in [3.63, 3.8) is 0 Å². The molecular weight excluding hydrogens is 299 g/mol. The summed E-state index contributed by atoms with van der Waals surface area (Å²) in [5.74, 6) is 0.438. The van der Waals surface area contributed by atoms with E-state index in [1.807, 2.05) is 0 Å². The van der Waals surface area contributed by atoms with Crippen LogP contribution in [0.5, 0.6) is 5.75 Å². The molecular formula is C10H16Cl2N2O3S. The van der Waals surface area contributed by atoms with E-state index in [0.717, 1.165) is 0 Å². The topological polar surface area (TPSA) is 81.4 Å². The van der Waals surface area contributed by atoms with Gasteiger partial charge in [-0.1, -0.05) is 11.6 Å². The fraction of sp³-hybridized carbons (Fsp3) is 0.400. The molecule has 0 amide bonds. The Morgan fingerprint density at radius 2 is 2.11 bits per heavy atom. The van der Waals surface area contributed by atoms with Crippen molar-refractivity contribution in [1.29, 1.82) is 0 Å². The Kier molecular flexibility index (Phi) is 7.58. The van der Waals surface area contributed by atoms with Crippen LogP contribution >= 0.6 is 24.0 Å². The number of halogens is 2. The van der Waals surface area contributed by atoms with E-state index >= 15 is 0 Å². The normalized spacial score (nSPS) is 10.8. The standard InChI is InChI=1S/C10H15ClN2O3S.ClH/c1-16-10-4-3-8(7-9(10)11)17(14,15)13-6-2-5-12;/h3-4,7,13H,2,5-6,12H2,1H3;1H. The van der Waals surface area contributed by atoms with Gasteiger partial charge in [0.1, 0.15) is 5.75 Å². The van der Waals surface area contributed by atoms with Crippen molar-refractivity contribution in [2.75, 3.05) is 20.2 Å². The molecule has 0 fully saturated rings. The SMILES string of the molecule is COc1ccc(S(=O)(=O)NCCCN)cc1Cl.Cl. The maximum absolute atomic E-state index is 11.8. The highest BCUT2D eigenvalue weighted by molar-refractivity contribution is 7.89. The van der Waals surface area contributed by atoms with E-state index in [2.05, 4.69) is 4.72 Å². The second-order valence-electron chi connectivity index (χ2n) is 3.34. The van der Waals surface area contributed by atoms with Crippen molar-refractivity contribution >= 4 is 34.0 Å². The van der Waals surface area contributed by atoms with Gasteiger partial charge in [-0.05, 0) is 31.2 Å². The first-order valence-corrected chi connectivity index (χ1v) is 6.90. The number of ether oxygens (including phenoxy) is 1. The van der Waals surface area contributed by atoms with E-state index in [1.165, 1.54) is 25.3 Å². The van der Waals surface area contributed by atoms with Gasteiger partial charge in [-0.2, -0.15) is 0 Å². The van der Waals surface area contributed by atoms with Crippen LogP contribution in [0.2, 0.25) is 5.02 Å². The van der Waals surface area contributed by atoms with Gasteiger partial charge in [0.05, 0.1) is 17.0 Å². The fourth-order valence-corrected chi connectivity index (χ4v) is 2.63. The summed E-state index contributed by atoms with van der Waals surface area (Å²) in [6.07, 6.45) is 0.586. The van der Waals surface area contributed by atoms with Gasteiger partial charge in [0.15, 0.2) is 0 Å². The van der Waals surface area contributed by atoms with Crippen molar-refractivity contribution < 1.29 is 13.2 Å². The summed E-state index contributed by atoms with van der Waals surface area (Å²) in [7, 11) is -2.06. The predicted molar refractivity (Wildman–Crippen MR) is 74.1 cm³/mol. The van der Waals surface area contributed by atoms with E-state index in [-0.39, 0.29) is 22.3 Å². The Labute approximate surface area is 118 Å². The van der Waals surface area contributed by atoms with Crippen LogP contribution in [0.3, 0.4) is 0 Å². The molecule has 8 heteroatoms. The Morgan fingerprint density at radius 1 is 1.44 bits per heavy atom. The van der Waals surface area contributed by atoms with Gasteiger partial charge < -0.3 is 10.5 Å². The van der Waals surface area contributed by atoms with Crippen LogP contribution in [0.25, 0.3) is 0 Å². The molecule has 0 aliphatic carbocycles. The first-order valence-electron chi connectivity index (χ1n) is 5.04. The summed E-state index contributed by atoms with van der Waals surface area (Å²) in [6, 6.07) is 4.31. The Morgan fingerprint density at radius 3 is 2.61 bits per heavy atom. The lowest BCUT2D eigenvalue weighted by molar-refractivity contribution is 0.414. The second-order valence-corrected chi connectivity index (χ2v) is 5.51. The lowest BCUT2D eigenvalue weighted by Crippen LogP contribution is -2.26.